The minimum Gasteiger partial charge on any atom is -0.368 e. The Morgan fingerprint density at radius 1 is 0.882 bits per heavy atom. The molecular formula is C27H24N4O3. The number of aryl methyl sites for hydroxylation is 2. The lowest BCUT2D eigenvalue weighted by atomic mass is 9.99. The van der Waals surface area contributed by atoms with Gasteiger partial charge in [0.25, 0.3) is 11.8 Å². The number of aromatic nitrogens is 1. The van der Waals surface area contributed by atoms with Crippen molar-refractivity contribution >= 4 is 34.3 Å². The van der Waals surface area contributed by atoms with Gasteiger partial charge in [0.2, 0.25) is 5.91 Å². The number of hydrogen-bond donors (Lipinski definition) is 3. The molecule has 0 fully saturated rings. The SMILES string of the molecule is Cc1ccc(-c2cc(C(=O)Nc3cccc(C(=O)NCC(N)=O)c3)c3ccccc3n2)c(C)c1. The first-order valence-corrected chi connectivity index (χ1v) is 10.8. The Labute approximate surface area is 197 Å². The lowest BCUT2D eigenvalue weighted by Gasteiger charge is -2.13. The third-order valence-corrected chi connectivity index (χ3v) is 5.42. The Morgan fingerprint density at radius 2 is 1.68 bits per heavy atom. The van der Waals surface area contributed by atoms with Gasteiger partial charge in [0.05, 0.1) is 23.3 Å². The standard InChI is InChI=1S/C27H24N4O3/c1-16-10-11-20(17(2)12-16)24-14-22(21-8-3-4-9-23(21)31-24)27(34)30-19-7-5-6-18(13-19)26(33)29-15-25(28)32/h3-14H,15H2,1-2H3,(H2,28,32)(H,29,33)(H,30,34). The highest BCUT2D eigenvalue weighted by Gasteiger charge is 2.16. The van der Waals surface area contributed by atoms with Crippen LogP contribution in [0.4, 0.5) is 5.69 Å². The number of carbonyl (C=O) groups excluding carboxylic acids is 3. The van der Waals surface area contributed by atoms with Crippen LogP contribution in [-0.4, -0.2) is 29.3 Å². The summed E-state index contributed by atoms with van der Waals surface area (Å²) in [5, 5.41) is 6.04. The van der Waals surface area contributed by atoms with Crippen LogP contribution in [0.25, 0.3) is 22.2 Å². The summed E-state index contributed by atoms with van der Waals surface area (Å²) >= 11 is 0. The summed E-state index contributed by atoms with van der Waals surface area (Å²) < 4.78 is 0. The molecule has 0 atom stereocenters. The highest BCUT2D eigenvalue weighted by molar-refractivity contribution is 6.13. The van der Waals surface area contributed by atoms with Crippen molar-refractivity contribution in [3.63, 3.8) is 0 Å². The molecule has 0 aliphatic rings. The molecule has 1 heterocycles. The molecule has 4 aromatic rings. The van der Waals surface area contributed by atoms with Crippen LogP contribution >= 0.6 is 0 Å². The molecule has 0 aliphatic carbocycles. The fraction of sp³-hybridized carbons (Fsp3) is 0.111. The molecule has 0 saturated heterocycles. The number of pyridine rings is 1. The molecule has 0 spiro atoms. The molecule has 34 heavy (non-hydrogen) atoms. The number of nitrogens with zero attached hydrogens (tertiary/aromatic N) is 1. The molecule has 0 radical (unpaired) electrons. The molecule has 7 nitrogen and oxygen atoms in total. The number of primary amides is 1. The number of benzene rings is 3. The normalized spacial score (nSPS) is 10.6. The fourth-order valence-electron chi connectivity index (χ4n) is 3.81. The highest BCUT2D eigenvalue weighted by Crippen LogP contribution is 2.28. The number of para-hydroxylation sites is 1. The van der Waals surface area contributed by atoms with Crippen molar-refractivity contribution in [1.82, 2.24) is 10.3 Å². The van der Waals surface area contributed by atoms with Crippen molar-refractivity contribution in [2.24, 2.45) is 5.73 Å². The van der Waals surface area contributed by atoms with E-state index in [1.807, 2.05) is 50.2 Å². The Hall–Kier alpha value is -4.52. The van der Waals surface area contributed by atoms with Crippen molar-refractivity contribution in [1.29, 1.82) is 0 Å². The monoisotopic (exact) mass is 452 g/mol. The van der Waals surface area contributed by atoms with Crippen molar-refractivity contribution in [3.8, 4) is 11.3 Å². The molecule has 1 aromatic heterocycles. The van der Waals surface area contributed by atoms with Gasteiger partial charge in [-0.2, -0.15) is 0 Å². The van der Waals surface area contributed by atoms with Gasteiger partial charge in [0.1, 0.15) is 0 Å². The molecule has 170 valence electrons. The Balaban J connectivity index is 1.68. The topological polar surface area (TPSA) is 114 Å². The van der Waals surface area contributed by atoms with Crippen molar-refractivity contribution in [2.45, 2.75) is 13.8 Å². The number of rotatable bonds is 6. The van der Waals surface area contributed by atoms with Crippen LogP contribution in [0.2, 0.25) is 0 Å². The van der Waals surface area contributed by atoms with E-state index in [0.717, 1.165) is 22.1 Å². The second-order valence-corrected chi connectivity index (χ2v) is 8.07. The molecule has 0 saturated carbocycles. The van der Waals surface area contributed by atoms with Crippen LogP contribution in [0, 0.1) is 13.8 Å². The number of hydrogen-bond acceptors (Lipinski definition) is 4. The van der Waals surface area contributed by atoms with Crippen LogP contribution in [0.5, 0.6) is 0 Å². The summed E-state index contributed by atoms with van der Waals surface area (Å²) in [6.07, 6.45) is 0. The maximum atomic E-state index is 13.3. The van der Waals surface area contributed by atoms with E-state index in [2.05, 4.69) is 16.7 Å². The van der Waals surface area contributed by atoms with Gasteiger partial charge in [-0.15, -0.1) is 0 Å². The molecule has 4 rings (SSSR count). The summed E-state index contributed by atoms with van der Waals surface area (Å²) in [4.78, 5) is 41.3. The third kappa shape index (κ3) is 4.94. The first-order valence-electron chi connectivity index (χ1n) is 10.8. The number of amides is 3. The van der Waals surface area contributed by atoms with E-state index < -0.39 is 11.8 Å². The van der Waals surface area contributed by atoms with Gasteiger partial charge in [-0.25, -0.2) is 4.98 Å². The van der Waals surface area contributed by atoms with E-state index in [1.54, 1.807) is 30.3 Å². The van der Waals surface area contributed by atoms with E-state index in [9.17, 15) is 14.4 Å². The van der Waals surface area contributed by atoms with Crippen LogP contribution in [0.15, 0.2) is 72.8 Å². The first-order chi connectivity index (χ1) is 16.3. The average Bonchev–Trinajstić information content (AvgIpc) is 2.82. The minimum atomic E-state index is -0.637. The average molecular weight is 453 g/mol. The number of fused-ring (bicyclic) bond motifs is 1. The molecule has 0 bridgehead atoms. The maximum Gasteiger partial charge on any atom is 0.256 e. The Bertz CT molecular complexity index is 1430. The minimum absolute atomic E-state index is 0.264. The van der Waals surface area contributed by atoms with Gasteiger partial charge < -0.3 is 16.4 Å². The van der Waals surface area contributed by atoms with Gasteiger partial charge in [0.15, 0.2) is 0 Å². The van der Waals surface area contributed by atoms with Gasteiger partial charge in [-0.1, -0.05) is 48.0 Å². The summed E-state index contributed by atoms with van der Waals surface area (Å²) in [5.41, 5.74) is 10.9. The largest absolute Gasteiger partial charge is 0.368 e. The van der Waals surface area contributed by atoms with Crippen LogP contribution in [0.1, 0.15) is 31.8 Å². The zero-order valence-corrected chi connectivity index (χ0v) is 18.9. The zero-order chi connectivity index (χ0) is 24.2. The fourth-order valence-corrected chi connectivity index (χ4v) is 3.81. The first kappa shape index (κ1) is 22.7. The quantitative estimate of drug-likeness (QED) is 0.410. The second kappa shape index (κ2) is 9.54. The summed E-state index contributed by atoms with van der Waals surface area (Å²) in [6.45, 7) is 3.79. The second-order valence-electron chi connectivity index (χ2n) is 8.07. The highest BCUT2D eigenvalue weighted by atomic mass is 16.2. The van der Waals surface area contributed by atoms with Crippen molar-refractivity contribution in [2.75, 3.05) is 11.9 Å². The molecule has 4 N–H and O–H groups in total. The lowest BCUT2D eigenvalue weighted by Crippen LogP contribution is -2.33. The van der Waals surface area contributed by atoms with Crippen LogP contribution in [0.3, 0.4) is 0 Å². The maximum absolute atomic E-state index is 13.3. The van der Waals surface area contributed by atoms with E-state index in [1.165, 1.54) is 0 Å². The van der Waals surface area contributed by atoms with E-state index >= 15 is 0 Å². The van der Waals surface area contributed by atoms with E-state index in [4.69, 9.17) is 10.7 Å². The molecule has 0 aliphatic heterocycles. The summed E-state index contributed by atoms with van der Waals surface area (Å²) in [6, 6.07) is 21.9. The summed E-state index contributed by atoms with van der Waals surface area (Å²) in [7, 11) is 0. The van der Waals surface area contributed by atoms with Gasteiger partial charge in [-0.3, -0.25) is 14.4 Å². The molecular weight excluding hydrogens is 428 g/mol. The Morgan fingerprint density at radius 3 is 2.44 bits per heavy atom. The van der Waals surface area contributed by atoms with Gasteiger partial charge in [0, 0.05) is 22.2 Å². The number of nitrogens with two attached hydrogens (primary N) is 1. The lowest BCUT2D eigenvalue weighted by molar-refractivity contribution is -0.117. The van der Waals surface area contributed by atoms with Gasteiger partial charge in [-0.05, 0) is 49.7 Å². The molecule has 0 unspecified atom stereocenters. The predicted octanol–water partition coefficient (Wildman–Crippen LogP) is 3.99. The zero-order valence-electron chi connectivity index (χ0n) is 18.9. The van der Waals surface area contributed by atoms with Crippen LogP contribution < -0.4 is 16.4 Å². The predicted molar refractivity (Wildman–Crippen MR) is 133 cm³/mol. The number of anilines is 1. The summed E-state index contributed by atoms with van der Waals surface area (Å²) in [5.74, 6) is -1.41. The molecule has 3 amide bonds. The van der Waals surface area contributed by atoms with Crippen molar-refractivity contribution < 1.29 is 14.4 Å². The number of nitrogens with one attached hydrogen (secondary N) is 2. The van der Waals surface area contributed by atoms with E-state index in [-0.39, 0.29) is 12.5 Å². The third-order valence-electron chi connectivity index (χ3n) is 5.42. The van der Waals surface area contributed by atoms with Crippen LogP contribution in [-0.2, 0) is 4.79 Å². The van der Waals surface area contributed by atoms with Crippen molar-refractivity contribution in [3.05, 3.63) is 95.1 Å². The molecule has 7 heteroatoms. The molecule has 3 aromatic carbocycles. The van der Waals surface area contributed by atoms with E-state index in [0.29, 0.717) is 28.0 Å². The Kier molecular flexibility index (Phi) is 6.36. The number of carbonyl (C=O) groups is 3. The van der Waals surface area contributed by atoms with Gasteiger partial charge >= 0.3 is 0 Å². The smallest absolute Gasteiger partial charge is 0.256 e.